The maximum absolute atomic E-state index is 6.33. The molecule has 5 heteroatoms. The zero-order valence-corrected chi connectivity index (χ0v) is 15.6. The molecule has 0 saturated heterocycles. The van der Waals surface area contributed by atoms with Gasteiger partial charge in [-0.2, -0.15) is 0 Å². The number of halogens is 2. The fourth-order valence-corrected chi connectivity index (χ4v) is 2.97. The molecule has 0 heterocycles. The van der Waals surface area contributed by atoms with Crippen molar-refractivity contribution < 1.29 is 4.65 Å². The SMILES string of the molecule is Cc1ccc(B(Oc2ccccc2N)c2ccc(C)c(Cl)c2)cc1Cl. The van der Waals surface area contributed by atoms with Crippen LogP contribution in [0, 0.1) is 13.8 Å². The van der Waals surface area contributed by atoms with Crippen LogP contribution in [0.4, 0.5) is 5.69 Å². The molecule has 0 atom stereocenters. The molecule has 0 amide bonds. The number of anilines is 1. The molecule has 2 nitrogen and oxygen atoms in total. The minimum absolute atomic E-state index is 0.360. The molecular weight excluding hydrogens is 352 g/mol. The first-order chi connectivity index (χ1) is 12.0. The molecule has 0 saturated carbocycles. The van der Waals surface area contributed by atoms with Crippen molar-refractivity contribution >= 4 is 46.7 Å². The van der Waals surface area contributed by atoms with E-state index < -0.39 is 0 Å². The van der Waals surface area contributed by atoms with E-state index in [1.165, 1.54) is 0 Å². The Morgan fingerprint density at radius 2 is 1.32 bits per heavy atom. The zero-order chi connectivity index (χ0) is 18.0. The fraction of sp³-hybridized carbons (Fsp3) is 0.100. The molecule has 3 aromatic rings. The normalized spacial score (nSPS) is 10.6. The first kappa shape index (κ1) is 17.7. The van der Waals surface area contributed by atoms with Gasteiger partial charge in [0.25, 0.3) is 0 Å². The monoisotopic (exact) mass is 369 g/mol. The Bertz CT molecular complexity index is 862. The van der Waals surface area contributed by atoms with Crippen LogP contribution in [-0.4, -0.2) is 6.92 Å². The van der Waals surface area contributed by atoms with Gasteiger partial charge in [-0.25, -0.2) is 0 Å². The molecule has 0 radical (unpaired) electrons. The van der Waals surface area contributed by atoms with Crippen molar-refractivity contribution in [3.8, 4) is 5.75 Å². The van der Waals surface area contributed by atoms with Gasteiger partial charge in [0.05, 0.1) is 5.69 Å². The number of hydrogen-bond donors (Lipinski definition) is 1. The minimum Gasteiger partial charge on any atom is -0.550 e. The molecule has 2 N–H and O–H groups in total. The summed E-state index contributed by atoms with van der Waals surface area (Å²) in [6.07, 6.45) is 0. The van der Waals surface area contributed by atoms with E-state index in [1.54, 1.807) is 0 Å². The highest BCUT2D eigenvalue weighted by Crippen LogP contribution is 2.22. The third kappa shape index (κ3) is 3.94. The summed E-state index contributed by atoms with van der Waals surface area (Å²) < 4.78 is 6.26. The summed E-state index contributed by atoms with van der Waals surface area (Å²) in [6.45, 7) is 3.58. The van der Waals surface area contributed by atoms with Crippen LogP contribution in [-0.2, 0) is 0 Å². The summed E-state index contributed by atoms with van der Waals surface area (Å²) in [5, 5.41) is 1.40. The Morgan fingerprint density at radius 3 is 1.80 bits per heavy atom. The Morgan fingerprint density at radius 1 is 0.800 bits per heavy atom. The Kier molecular flexibility index (Phi) is 5.26. The lowest BCUT2D eigenvalue weighted by molar-refractivity contribution is 0.594. The average Bonchev–Trinajstić information content (AvgIpc) is 2.59. The van der Waals surface area contributed by atoms with Gasteiger partial charge in [-0.05, 0) is 60.2 Å². The number of benzene rings is 3. The molecule has 0 spiro atoms. The van der Waals surface area contributed by atoms with Crippen LogP contribution < -0.4 is 21.3 Å². The number of rotatable bonds is 4. The highest BCUT2D eigenvalue weighted by atomic mass is 35.5. The molecule has 0 aliphatic rings. The van der Waals surface area contributed by atoms with Crippen LogP contribution in [0.15, 0.2) is 60.7 Å². The first-order valence-corrected chi connectivity index (χ1v) is 8.74. The number of para-hydroxylation sites is 2. The number of nitrogen functional groups attached to an aromatic ring is 1. The van der Waals surface area contributed by atoms with E-state index in [9.17, 15) is 0 Å². The summed E-state index contributed by atoms with van der Waals surface area (Å²) in [7, 11) is 0. The molecule has 0 aliphatic carbocycles. The van der Waals surface area contributed by atoms with Crippen LogP contribution in [0.5, 0.6) is 5.75 Å². The van der Waals surface area contributed by atoms with E-state index >= 15 is 0 Å². The van der Waals surface area contributed by atoms with Crippen molar-refractivity contribution in [2.75, 3.05) is 5.73 Å². The van der Waals surface area contributed by atoms with Crippen molar-refractivity contribution in [1.29, 1.82) is 0 Å². The van der Waals surface area contributed by atoms with Crippen molar-refractivity contribution in [3.05, 3.63) is 81.8 Å². The Hall–Kier alpha value is -2.10. The van der Waals surface area contributed by atoms with Gasteiger partial charge >= 0.3 is 6.92 Å². The van der Waals surface area contributed by atoms with Crippen LogP contribution in [0.1, 0.15) is 11.1 Å². The topological polar surface area (TPSA) is 35.2 Å². The summed E-state index contributed by atoms with van der Waals surface area (Å²) in [6, 6.07) is 19.3. The summed E-state index contributed by atoms with van der Waals surface area (Å²) >= 11 is 12.7. The molecule has 0 aromatic heterocycles. The fourth-order valence-electron chi connectivity index (χ4n) is 2.59. The largest absolute Gasteiger partial charge is 0.550 e. The van der Waals surface area contributed by atoms with E-state index in [0.29, 0.717) is 21.5 Å². The van der Waals surface area contributed by atoms with E-state index in [-0.39, 0.29) is 6.92 Å². The number of hydrogen-bond acceptors (Lipinski definition) is 2. The van der Waals surface area contributed by atoms with E-state index in [1.807, 2.05) is 74.5 Å². The standard InChI is InChI=1S/C20H18BCl2NO/c1-13-7-9-15(11-17(13)22)21(16-10-8-14(2)18(23)12-16)25-20-6-4-3-5-19(20)24/h3-12H,24H2,1-2H3. The summed E-state index contributed by atoms with van der Waals surface area (Å²) in [5.41, 5.74) is 10.6. The lowest BCUT2D eigenvalue weighted by Gasteiger charge is -2.19. The third-order valence-corrected chi connectivity index (χ3v) is 4.98. The predicted molar refractivity (Wildman–Crippen MR) is 109 cm³/mol. The Labute approximate surface area is 158 Å². The van der Waals surface area contributed by atoms with Crippen LogP contribution in [0.2, 0.25) is 10.0 Å². The third-order valence-electron chi connectivity index (χ3n) is 4.16. The van der Waals surface area contributed by atoms with E-state index in [4.69, 9.17) is 33.6 Å². The highest BCUT2D eigenvalue weighted by Gasteiger charge is 2.25. The van der Waals surface area contributed by atoms with Crippen LogP contribution in [0.25, 0.3) is 0 Å². The van der Waals surface area contributed by atoms with E-state index in [0.717, 1.165) is 22.1 Å². The molecule has 0 unspecified atom stereocenters. The number of nitrogens with two attached hydrogens (primary N) is 1. The zero-order valence-electron chi connectivity index (χ0n) is 14.1. The highest BCUT2D eigenvalue weighted by molar-refractivity contribution is 6.80. The molecule has 25 heavy (non-hydrogen) atoms. The van der Waals surface area contributed by atoms with Gasteiger partial charge in [0.15, 0.2) is 0 Å². The summed E-state index contributed by atoms with van der Waals surface area (Å²) in [4.78, 5) is 0. The van der Waals surface area contributed by atoms with Gasteiger partial charge < -0.3 is 10.4 Å². The second-order valence-corrected chi connectivity index (χ2v) is 6.87. The lowest BCUT2D eigenvalue weighted by atomic mass is 9.55. The molecule has 0 fully saturated rings. The van der Waals surface area contributed by atoms with Gasteiger partial charge in [-0.1, -0.05) is 59.6 Å². The van der Waals surface area contributed by atoms with Crippen molar-refractivity contribution in [3.63, 3.8) is 0 Å². The quantitative estimate of drug-likeness (QED) is 0.547. The molecular formula is C20H18BCl2NO. The maximum Gasteiger partial charge on any atom is 0.426 e. The Balaban J connectivity index is 2.08. The van der Waals surface area contributed by atoms with Crippen LogP contribution in [0.3, 0.4) is 0 Å². The molecule has 126 valence electrons. The van der Waals surface area contributed by atoms with E-state index in [2.05, 4.69) is 0 Å². The second-order valence-electron chi connectivity index (χ2n) is 6.05. The van der Waals surface area contributed by atoms with Gasteiger partial charge in [0.1, 0.15) is 5.75 Å². The average molecular weight is 370 g/mol. The smallest absolute Gasteiger partial charge is 0.426 e. The second kappa shape index (κ2) is 7.43. The molecule has 0 aliphatic heterocycles. The summed E-state index contributed by atoms with van der Waals surface area (Å²) in [5.74, 6) is 0.626. The molecule has 3 aromatic carbocycles. The van der Waals surface area contributed by atoms with Crippen molar-refractivity contribution in [2.24, 2.45) is 0 Å². The van der Waals surface area contributed by atoms with Crippen LogP contribution >= 0.6 is 23.2 Å². The van der Waals surface area contributed by atoms with Crippen molar-refractivity contribution in [2.45, 2.75) is 13.8 Å². The lowest BCUT2D eigenvalue weighted by Crippen LogP contribution is -2.47. The molecule has 3 rings (SSSR count). The molecule has 0 bridgehead atoms. The maximum atomic E-state index is 6.33. The van der Waals surface area contributed by atoms with Crippen molar-refractivity contribution in [1.82, 2.24) is 0 Å². The predicted octanol–water partition coefficient (Wildman–Crippen LogP) is 4.38. The number of aryl methyl sites for hydroxylation is 2. The first-order valence-electron chi connectivity index (χ1n) is 7.99. The van der Waals surface area contributed by atoms with Gasteiger partial charge in [0.2, 0.25) is 0 Å². The van der Waals surface area contributed by atoms with Gasteiger partial charge in [0, 0.05) is 10.0 Å². The minimum atomic E-state index is -0.360. The van der Waals surface area contributed by atoms with Gasteiger partial charge in [-0.3, -0.25) is 0 Å². The van der Waals surface area contributed by atoms with Gasteiger partial charge in [-0.15, -0.1) is 0 Å².